The predicted molar refractivity (Wildman–Crippen MR) is 58.7 cm³/mol. The highest BCUT2D eigenvalue weighted by atomic mass is 16.6. The summed E-state index contributed by atoms with van der Waals surface area (Å²) < 4.78 is 9.82. The molecule has 3 heteroatoms. The molecular weight excluding hydrogens is 192 g/mol. The number of epoxide rings is 1. The van der Waals surface area contributed by atoms with Gasteiger partial charge in [-0.2, -0.15) is 0 Å². The Bertz CT molecular complexity index is 191. The van der Waals surface area contributed by atoms with E-state index in [0.717, 1.165) is 6.42 Å². The number of hydrogen-bond acceptors (Lipinski definition) is 3. The van der Waals surface area contributed by atoms with Crippen molar-refractivity contribution in [3.8, 4) is 0 Å². The third-order valence-electron chi connectivity index (χ3n) is 2.86. The van der Waals surface area contributed by atoms with Crippen molar-refractivity contribution >= 4 is 5.97 Å². The van der Waals surface area contributed by atoms with Gasteiger partial charge in [0.15, 0.2) is 6.10 Å². The van der Waals surface area contributed by atoms with Crippen LogP contribution in [0.25, 0.3) is 0 Å². The fourth-order valence-electron chi connectivity index (χ4n) is 1.81. The van der Waals surface area contributed by atoms with E-state index in [-0.39, 0.29) is 18.2 Å². The molecule has 1 aliphatic rings. The number of ether oxygens (including phenoxy) is 2. The zero-order valence-electron chi connectivity index (χ0n) is 9.83. The number of esters is 1. The Kier molecular flexibility index (Phi) is 5.69. The summed E-state index contributed by atoms with van der Waals surface area (Å²) in [5, 5.41) is 0. The second-order valence-electron chi connectivity index (χ2n) is 4.17. The van der Waals surface area contributed by atoms with Crippen molar-refractivity contribution in [2.24, 2.45) is 0 Å². The minimum absolute atomic E-state index is 0.142. The van der Waals surface area contributed by atoms with Crippen LogP contribution >= 0.6 is 0 Å². The molecule has 0 amide bonds. The lowest BCUT2D eigenvalue weighted by Gasteiger charge is -1.98. The summed E-state index contributed by atoms with van der Waals surface area (Å²) in [5.41, 5.74) is 0. The van der Waals surface area contributed by atoms with E-state index < -0.39 is 0 Å². The number of hydrogen-bond donors (Lipinski definition) is 0. The van der Waals surface area contributed by atoms with Crippen LogP contribution in [0.4, 0.5) is 0 Å². The average molecular weight is 214 g/mol. The molecule has 0 radical (unpaired) electrons. The van der Waals surface area contributed by atoms with Gasteiger partial charge in [-0.1, -0.05) is 45.4 Å². The Morgan fingerprint density at radius 1 is 1.20 bits per heavy atom. The van der Waals surface area contributed by atoms with Gasteiger partial charge < -0.3 is 9.47 Å². The van der Waals surface area contributed by atoms with Crippen LogP contribution in [0, 0.1) is 0 Å². The topological polar surface area (TPSA) is 38.8 Å². The summed E-state index contributed by atoms with van der Waals surface area (Å²) in [6.45, 7) is 2.22. The second-order valence-corrected chi connectivity index (χ2v) is 4.17. The Balaban J connectivity index is 1.88. The molecule has 0 N–H and O–H groups in total. The van der Waals surface area contributed by atoms with Crippen LogP contribution in [0.15, 0.2) is 0 Å². The van der Waals surface area contributed by atoms with Crippen molar-refractivity contribution in [2.75, 3.05) is 7.11 Å². The van der Waals surface area contributed by atoms with Gasteiger partial charge in [-0.25, -0.2) is 4.79 Å². The predicted octanol–water partition coefficient (Wildman–Crippen LogP) is 2.68. The van der Waals surface area contributed by atoms with E-state index in [1.54, 1.807) is 0 Å². The monoisotopic (exact) mass is 214 g/mol. The molecule has 2 atom stereocenters. The van der Waals surface area contributed by atoms with Crippen LogP contribution in [0.2, 0.25) is 0 Å². The molecular formula is C12H22O3. The lowest BCUT2D eigenvalue weighted by molar-refractivity contribution is -0.142. The quantitative estimate of drug-likeness (QED) is 0.354. The van der Waals surface area contributed by atoms with Gasteiger partial charge >= 0.3 is 5.97 Å². The summed E-state index contributed by atoms with van der Waals surface area (Å²) in [4.78, 5) is 11.0. The minimum Gasteiger partial charge on any atom is -0.467 e. The van der Waals surface area contributed by atoms with Gasteiger partial charge in [-0.05, 0) is 6.42 Å². The summed E-state index contributed by atoms with van der Waals surface area (Å²) >= 11 is 0. The van der Waals surface area contributed by atoms with Gasteiger partial charge in [0.25, 0.3) is 0 Å². The molecule has 0 spiro atoms. The van der Waals surface area contributed by atoms with E-state index in [1.807, 2.05) is 0 Å². The van der Waals surface area contributed by atoms with Gasteiger partial charge in [0.2, 0.25) is 0 Å². The second kappa shape index (κ2) is 6.83. The zero-order chi connectivity index (χ0) is 11.1. The third kappa shape index (κ3) is 4.65. The number of unbranched alkanes of at least 4 members (excludes halogenated alkanes) is 5. The summed E-state index contributed by atoms with van der Waals surface area (Å²) in [6, 6.07) is 0. The first-order chi connectivity index (χ1) is 7.29. The van der Waals surface area contributed by atoms with Crippen molar-refractivity contribution in [2.45, 2.75) is 64.1 Å². The van der Waals surface area contributed by atoms with Gasteiger partial charge in [0.1, 0.15) is 0 Å². The lowest BCUT2D eigenvalue weighted by atomic mass is 10.1. The smallest absolute Gasteiger partial charge is 0.337 e. The van der Waals surface area contributed by atoms with E-state index in [9.17, 15) is 4.79 Å². The van der Waals surface area contributed by atoms with Crippen molar-refractivity contribution in [3.63, 3.8) is 0 Å². The van der Waals surface area contributed by atoms with Crippen molar-refractivity contribution in [1.29, 1.82) is 0 Å². The highest BCUT2D eigenvalue weighted by Gasteiger charge is 2.45. The minimum atomic E-state index is -0.259. The van der Waals surface area contributed by atoms with Crippen molar-refractivity contribution in [3.05, 3.63) is 0 Å². The number of methoxy groups -OCH3 is 1. The lowest BCUT2D eigenvalue weighted by Crippen LogP contribution is -2.11. The maximum absolute atomic E-state index is 11.0. The Hall–Kier alpha value is -0.570. The number of carbonyl (C=O) groups excluding carboxylic acids is 1. The first kappa shape index (κ1) is 12.5. The molecule has 0 aliphatic carbocycles. The molecule has 3 nitrogen and oxygen atoms in total. The molecule has 1 aliphatic heterocycles. The molecule has 0 aromatic heterocycles. The normalized spacial score (nSPS) is 23.9. The fourth-order valence-corrected chi connectivity index (χ4v) is 1.81. The largest absolute Gasteiger partial charge is 0.467 e. The van der Waals surface area contributed by atoms with Crippen molar-refractivity contribution < 1.29 is 14.3 Å². The number of carbonyl (C=O) groups is 1. The summed E-state index contributed by atoms with van der Waals surface area (Å²) in [5.74, 6) is -0.217. The molecule has 0 aromatic rings. The van der Waals surface area contributed by atoms with Crippen LogP contribution in [0.1, 0.15) is 51.9 Å². The Labute approximate surface area is 92.1 Å². The van der Waals surface area contributed by atoms with E-state index in [2.05, 4.69) is 11.7 Å². The van der Waals surface area contributed by atoms with E-state index in [4.69, 9.17) is 4.74 Å². The molecule has 1 fully saturated rings. The standard InChI is InChI=1S/C12H22O3/c1-3-4-5-6-7-8-9-10-11(15-10)12(13)14-2/h10-11H,3-9H2,1-2H3. The molecule has 0 aromatic carbocycles. The molecule has 1 heterocycles. The molecule has 1 saturated heterocycles. The van der Waals surface area contributed by atoms with Crippen LogP contribution in [0.5, 0.6) is 0 Å². The van der Waals surface area contributed by atoms with Crippen LogP contribution in [-0.4, -0.2) is 25.3 Å². The first-order valence-corrected chi connectivity index (χ1v) is 6.03. The first-order valence-electron chi connectivity index (χ1n) is 6.03. The zero-order valence-corrected chi connectivity index (χ0v) is 9.83. The highest BCUT2D eigenvalue weighted by Crippen LogP contribution is 2.28. The third-order valence-corrected chi connectivity index (χ3v) is 2.86. The molecule has 0 saturated carbocycles. The molecule has 15 heavy (non-hydrogen) atoms. The Morgan fingerprint density at radius 2 is 1.87 bits per heavy atom. The van der Waals surface area contributed by atoms with Gasteiger partial charge in [0, 0.05) is 0 Å². The van der Waals surface area contributed by atoms with Gasteiger partial charge in [-0.15, -0.1) is 0 Å². The van der Waals surface area contributed by atoms with Crippen molar-refractivity contribution in [1.82, 2.24) is 0 Å². The van der Waals surface area contributed by atoms with E-state index in [0.29, 0.717) is 0 Å². The maximum atomic E-state index is 11.0. The maximum Gasteiger partial charge on any atom is 0.337 e. The molecule has 88 valence electrons. The van der Waals surface area contributed by atoms with E-state index in [1.165, 1.54) is 45.6 Å². The SMILES string of the molecule is CCCCCCCCC1OC1C(=O)OC. The summed E-state index contributed by atoms with van der Waals surface area (Å²) in [6.07, 6.45) is 8.59. The molecule has 1 rings (SSSR count). The molecule has 0 bridgehead atoms. The average Bonchev–Trinajstić information content (AvgIpc) is 3.01. The summed E-state index contributed by atoms with van der Waals surface area (Å²) in [7, 11) is 1.41. The molecule has 2 unspecified atom stereocenters. The highest BCUT2D eigenvalue weighted by molar-refractivity contribution is 5.77. The van der Waals surface area contributed by atoms with Crippen LogP contribution < -0.4 is 0 Å². The fraction of sp³-hybridized carbons (Fsp3) is 0.917. The van der Waals surface area contributed by atoms with E-state index >= 15 is 0 Å². The van der Waals surface area contributed by atoms with Crippen LogP contribution in [-0.2, 0) is 14.3 Å². The Morgan fingerprint density at radius 3 is 2.53 bits per heavy atom. The van der Waals surface area contributed by atoms with Gasteiger partial charge in [0.05, 0.1) is 13.2 Å². The number of rotatable bonds is 8. The van der Waals surface area contributed by atoms with Gasteiger partial charge in [-0.3, -0.25) is 0 Å². The van der Waals surface area contributed by atoms with Crippen LogP contribution in [0.3, 0.4) is 0 Å².